The summed E-state index contributed by atoms with van der Waals surface area (Å²) in [5, 5.41) is 3.07. The summed E-state index contributed by atoms with van der Waals surface area (Å²) < 4.78 is 2.01. The van der Waals surface area contributed by atoms with Crippen LogP contribution in [-0.4, -0.2) is 64.4 Å². The monoisotopic (exact) mass is 380 g/mol. The maximum atomic E-state index is 13.0. The van der Waals surface area contributed by atoms with Crippen LogP contribution >= 0.6 is 0 Å². The molecule has 1 saturated carbocycles. The van der Waals surface area contributed by atoms with Crippen molar-refractivity contribution in [1.82, 2.24) is 19.7 Å². The number of piperazine rings is 1. The van der Waals surface area contributed by atoms with Gasteiger partial charge in [-0.1, -0.05) is 30.3 Å². The number of hydrogen-bond acceptors (Lipinski definition) is 3. The zero-order chi connectivity index (χ0) is 19.5. The second kappa shape index (κ2) is 8.19. The number of carbonyl (C=O) groups is 2. The van der Waals surface area contributed by atoms with Crippen molar-refractivity contribution in [3.63, 3.8) is 0 Å². The molecule has 1 aromatic carbocycles. The minimum atomic E-state index is -0.139. The molecule has 1 N–H and O–H groups in total. The van der Waals surface area contributed by atoms with E-state index in [4.69, 9.17) is 0 Å². The Balaban J connectivity index is 1.34. The molecular formula is C22H28N4O2. The minimum absolute atomic E-state index is 0.0654. The molecule has 1 unspecified atom stereocenters. The quantitative estimate of drug-likeness (QED) is 0.834. The Morgan fingerprint density at radius 1 is 1.04 bits per heavy atom. The van der Waals surface area contributed by atoms with Crippen molar-refractivity contribution in [1.29, 1.82) is 0 Å². The van der Waals surface area contributed by atoms with Crippen molar-refractivity contribution in [2.45, 2.75) is 38.4 Å². The van der Waals surface area contributed by atoms with E-state index in [9.17, 15) is 9.59 Å². The van der Waals surface area contributed by atoms with Crippen molar-refractivity contribution in [3.05, 3.63) is 59.9 Å². The molecule has 1 aliphatic heterocycles. The van der Waals surface area contributed by atoms with Crippen LogP contribution < -0.4 is 5.32 Å². The maximum absolute atomic E-state index is 13.0. The van der Waals surface area contributed by atoms with Gasteiger partial charge >= 0.3 is 0 Å². The van der Waals surface area contributed by atoms with Crippen molar-refractivity contribution >= 4 is 11.8 Å². The molecule has 4 rings (SSSR count). The summed E-state index contributed by atoms with van der Waals surface area (Å²) >= 11 is 0. The van der Waals surface area contributed by atoms with E-state index in [2.05, 4.69) is 22.3 Å². The number of rotatable bonds is 6. The van der Waals surface area contributed by atoms with Gasteiger partial charge in [0.05, 0.1) is 6.04 Å². The number of aromatic nitrogens is 1. The molecule has 2 fully saturated rings. The highest BCUT2D eigenvalue weighted by Gasteiger charge is 2.31. The average molecular weight is 380 g/mol. The van der Waals surface area contributed by atoms with Gasteiger partial charge in [0.1, 0.15) is 5.69 Å². The summed E-state index contributed by atoms with van der Waals surface area (Å²) in [6, 6.07) is 14.2. The summed E-state index contributed by atoms with van der Waals surface area (Å²) in [6.45, 7) is 5.40. The first-order valence-corrected chi connectivity index (χ1v) is 10.1. The molecule has 6 heteroatoms. The molecule has 28 heavy (non-hydrogen) atoms. The van der Waals surface area contributed by atoms with Gasteiger partial charge in [-0.15, -0.1) is 0 Å². The van der Waals surface area contributed by atoms with Crippen molar-refractivity contribution in [3.8, 4) is 0 Å². The predicted octanol–water partition coefficient (Wildman–Crippen LogP) is 1.96. The number of amides is 2. The first-order chi connectivity index (χ1) is 13.6. The van der Waals surface area contributed by atoms with E-state index in [0.29, 0.717) is 25.7 Å². The van der Waals surface area contributed by atoms with Crippen LogP contribution in [0.15, 0.2) is 48.7 Å². The predicted molar refractivity (Wildman–Crippen MR) is 108 cm³/mol. The highest BCUT2D eigenvalue weighted by molar-refractivity contribution is 5.93. The highest BCUT2D eigenvalue weighted by atomic mass is 16.2. The Labute approximate surface area is 166 Å². The standard InChI is InChI=1S/C22H28N4O2/c1-17(21(27)23-19-9-10-19)24-12-14-25(15-13-24)22(28)20-8-5-11-26(20)16-18-6-3-2-4-7-18/h2-8,11,17,19H,9-10,12-16H2,1H3,(H,23,27). The third-order valence-corrected chi connectivity index (χ3v) is 5.70. The zero-order valence-corrected chi connectivity index (χ0v) is 16.4. The van der Waals surface area contributed by atoms with Crippen molar-refractivity contribution < 1.29 is 9.59 Å². The van der Waals surface area contributed by atoms with E-state index in [-0.39, 0.29) is 17.9 Å². The van der Waals surface area contributed by atoms with Crippen LogP contribution in [0.25, 0.3) is 0 Å². The van der Waals surface area contributed by atoms with Gasteiger partial charge in [-0.2, -0.15) is 0 Å². The molecule has 6 nitrogen and oxygen atoms in total. The van der Waals surface area contributed by atoms with E-state index < -0.39 is 0 Å². The van der Waals surface area contributed by atoms with Gasteiger partial charge in [0.25, 0.3) is 5.91 Å². The zero-order valence-electron chi connectivity index (χ0n) is 16.4. The minimum Gasteiger partial charge on any atom is -0.352 e. The molecule has 0 spiro atoms. The van der Waals surface area contributed by atoms with E-state index in [0.717, 1.165) is 31.6 Å². The van der Waals surface area contributed by atoms with Crippen LogP contribution in [0, 0.1) is 0 Å². The highest BCUT2D eigenvalue weighted by Crippen LogP contribution is 2.19. The molecule has 1 aliphatic carbocycles. The van der Waals surface area contributed by atoms with Crippen molar-refractivity contribution in [2.75, 3.05) is 26.2 Å². The Morgan fingerprint density at radius 3 is 2.43 bits per heavy atom. The Hall–Kier alpha value is -2.60. The Morgan fingerprint density at radius 2 is 1.75 bits per heavy atom. The van der Waals surface area contributed by atoms with Gasteiger partial charge in [-0.05, 0) is 37.5 Å². The van der Waals surface area contributed by atoms with Gasteiger partial charge in [0.2, 0.25) is 5.91 Å². The van der Waals surface area contributed by atoms with Crippen LogP contribution in [0.4, 0.5) is 0 Å². The topological polar surface area (TPSA) is 57.6 Å². The second-order valence-electron chi connectivity index (χ2n) is 7.79. The van der Waals surface area contributed by atoms with Gasteiger partial charge < -0.3 is 14.8 Å². The first kappa shape index (κ1) is 18.7. The molecule has 1 saturated heterocycles. The third kappa shape index (κ3) is 4.28. The third-order valence-electron chi connectivity index (χ3n) is 5.70. The number of nitrogens with zero attached hydrogens (tertiary/aromatic N) is 3. The number of nitrogens with one attached hydrogen (secondary N) is 1. The van der Waals surface area contributed by atoms with Crippen LogP contribution in [0.1, 0.15) is 35.8 Å². The van der Waals surface area contributed by atoms with E-state index >= 15 is 0 Å². The van der Waals surface area contributed by atoms with E-state index in [1.165, 1.54) is 5.56 Å². The average Bonchev–Trinajstić information content (AvgIpc) is 3.43. The summed E-state index contributed by atoms with van der Waals surface area (Å²) in [7, 11) is 0. The summed E-state index contributed by atoms with van der Waals surface area (Å²) in [4.78, 5) is 29.4. The number of benzene rings is 1. The summed E-state index contributed by atoms with van der Waals surface area (Å²) in [5.41, 5.74) is 1.89. The van der Waals surface area contributed by atoms with Crippen LogP contribution in [0.5, 0.6) is 0 Å². The van der Waals surface area contributed by atoms with Gasteiger partial charge in [0, 0.05) is 45.0 Å². The SMILES string of the molecule is CC(C(=O)NC1CC1)N1CCN(C(=O)c2cccn2Cc2ccccc2)CC1. The van der Waals surface area contributed by atoms with Gasteiger partial charge in [-0.25, -0.2) is 0 Å². The molecule has 148 valence electrons. The van der Waals surface area contributed by atoms with Gasteiger partial charge in [-0.3, -0.25) is 14.5 Å². The lowest BCUT2D eigenvalue weighted by molar-refractivity contribution is -0.126. The lowest BCUT2D eigenvalue weighted by atomic mass is 10.2. The fourth-order valence-corrected chi connectivity index (χ4v) is 3.72. The van der Waals surface area contributed by atoms with Crippen LogP contribution in [0.2, 0.25) is 0 Å². The van der Waals surface area contributed by atoms with Crippen molar-refractivity contribution in [2.24, 2.45) is 0 Å². The first-order valence-electron chi connectivity index (χ1n) is 10.1. The molecule has 0 radical (unpaired) electrons. The van der Waals surface area contributed by atoms with E-state index in [1.54, 1.807) is 0 Å². The van der Waals surface area contributed by atoms with Gasteiger partial charge in [0.15, 0.2) is 0 Å². The molecule has 2 heterocycles. The van der Waals surface area contributed by atoms with Crippen LogP contribution in [-0.2, 0) is 11.3 Å². The van der Waals surface area contributed by atoms with E-state index in [1.807, 2.05) is 52.9 Å². The normalized spacial score (nSPS) is 18.7. The molecule has 2 amide bonds. The maximum Gasteiger partial charge on any atom is 0.270 e. The molecule has 1 atom stereocenters. The molecule has 2 aliphatic rings. The molecular weight excluding hydrogens is 352 g/mol. The largest absolute Gasteiger partial charge is 0.352 e. The van der Waals surface area contributed by atoms with Crippen LogP contribution in [0.3, 0.4) is 0 Å². The molecule has 2 aromatic rings. The molecule has 1 aromatic heterocycles. The lowest BCUT2D eigenvalue weighted by Crippen LogP contribution is -2.55. The second-order valence-corrected chi connectivity index (χ2v) is 7.79. The summed E-state index contributed by atoms with van der Waals surface area (Å²) in [5.74, 6) is 0.176. The fraction of sp³-hybridized carbons (Fsp3) is 0.455. The fourth-order valence-electron chi connectivity index (χ4n) is 3.72. The summed E-state index contributed by atoms with van der Waals surface area (Å²) in [6.07, 6.45) is 4.16. The number of hydrogen-bond donors (Lipinski definition) is 1. The Kier molecular flexibility index (Phi) is 5.48. The number of carbonyl (C=O) groups excluding carboxylic acids is 2. The molecule has 0 bridgehead atoms. The smallest absolute Gasteiger partial charge is 0.270 e. The Bertz CT molecular complexity index is 820. The lowest BCUT2D eigenvalue weighted by Gasteiger charge is -2.37.